The van der Waals surface area contributed by atoms with Crippen molar-refractivity contribution in [3.63, 3.8) is 0 Å². The molecule has 5 nitrogen and oxygen atoms in total. The molecule has 0 saturated carbocycles. The van der Waals surface area contributed by atoms with E-state index in [1.54, 1.807) is 11.3 Å². The normalized spacial score (nSPS) is 20.7. The van der Waals surface area contributed by atoms with E-state index < -0.39 is 5.60 Å². The van der Waals surface area contributed by atoms with E-state index in [0.717, 1.165) is 37.4 Å². The van der Waals surface area contributed by atoms with Gasteiger partial charge in [-0.05, 0) is 47.0 Å². The van der Waals surface area contributed by atoms with Crippen molar-refractivity contribution in [1.29, 1.82) is 0 Å². The highest BCUT2D eigenvalue weighted by molar-refractivity contribution is 7.09. The molecule has 1 aliphatic heterocycles. The van der Waals surface area contributed by atoms with Crippen LogP contribution in [0.15, 0.2) is 11.6 Å². The largest absolute Gasteiger partial charge is 0.444 e. The number of thiazole rings is 1. The summed E-state index contributed by atoms with van der Waals surface area (Å²) in [6, 6.07) is 0.411. The zero-order valence-electron chi connectivity index (χ0n) is 14.0. The third-order valence-corrected chi connectivity index (χ3v) is 4.69. The molecular weight excluding hydrogens is 298 g/mol. The lowest BCUT2D eigenvalue weighted by atomic mass is 10.0. The van der Waals surface area contributed by atoms with E-state index in [4.69, 9.17) is 4.74 Å². The quantitative estimate of drug-likeness (QED) is 0.919. The zero-order valence-corrected chi connectivity index (χ0v) is 14.8. The van der Waals surface area contributed by atoms with Gasteiger partial charge in [0.2, 0.25) is 0 Å². The first kappa shape index (κ1) is 17.2. The Morgan fingerprint density at radius 2 is 2.32 bits per heavy atom. The summed E-state index contributed by atoms with van der Waals surface area (Å²) < 4.78 is 5.54. The molecule has 1 fully saturated rings. The lowest BCUT2D eigenvalue weighted by molar-refractivity contribution is 0.00970. The minimum Gasteiger partial charge on any atom is -0.444 e. The predicted octanol–water partition coefficient (Wildman–Crippen LogP) is 3.58. The number of aromatic nitrogens is 1. The van der Waals surface area contributed by atoms with Crippen LogP contribution in [0.2, 0.25) is 0 Å². The fraction of sp³-hybridized carbons (Fsp3) is 0.750. The van der Waals surface area contributed by atoms with Crippen LogP contribution in [0.3, 0.4) is 0 Å². The van der Waals surface area contributed by atoms with Crippen molar-refractivity contribution in [3.05, 3.63) is 16.6 Å². The average molecular weight is 325 g/mol. The van der Waals surface area contributed by atoms with Crippen LogP contribution in [0.1, 0.15) is 58.0 Å². The van der Waals surface area contributed by atoms with Crippen LogP contribution < -0.4 is 5.32 Å². The van der Waals surface area contributed by atoms with E-state index in [1.807, 2.05) is 37.2 Å². The maximum atomic E-state index is 12.4. The van der Waals surface area contributed by atoms with E-state index in [1.165, 1.54) is 0 Å². The number of amides is 1. The van der Waals surface area contributed by atoms with Gasteiger partial charge < -0.3 is 15.0 Å². The van der Waals surface area contributed by atoms with Gasteiger partial charge in [-0.2, -0.15) is 0 Å². The fourth-order valence-corrected chi connectivity index (χ4v) is 3.29. The maximum Gasteiger partial charge on any atom is 0.410 e. The monoisotopic (exact) mass is 325 g/mol. The van der Waals surface area contributed by atoms with Crippen molar-refractivity contribution >= 4 is 17.4 Å². The third kappa shape index (κ3) is 4.95. The topological polar surface area (TPSA) is 54.5 Å². The molecule has 2 heterocycles. The molecule has 22 heavy (non-hydrogen) atoms. The van der Waals surface area contributed by atoms with Crippen LogP contribution in [0.5, 0.6) is 0 Å². The first-order chi connectivity index (χ1) is 10.4. The number of hydrogen-bond acceptors (Lipinski definition) is 5. The number of rotatable bonds is 4. The van der Waals surface area contributed by atoms with Gasteiger partial charge in [0.15, 0.2) is 0 Å². The number of ether oxygens (including phenoxy) is 1. The van der Waals surface area contributed by atoms with E-state index in [0.29, 0.717) is 0 Å². The molecule has 1 saturated heterocycles. The first-order valence-corrected chi connectivity index (χ1v) is 8.87. The molecule has 0 radical (unpaired) electrons. The van der Waals surface area contributed by atoms with Crippen LogP contribution >= 0.6 is 11.3 Å². The Morgan fingerprint density at radius 3 is 2.95 bits per heavy atom. The highest BCUT2D eigenvalue weighted by Crippen LogP contribution is 2.21. The Hall–Kier alpha value is -1.14. The molecule has 1 aromatic heterocycles. The molecule has 124 valence electrons. The summed E-state index contributed by atoms with van der Waals surface area (Å²) in [6.45, 7) is 9.40. The summed E-state index contributed by atoms with van der Waals surface area (Å²) in [5.41, 5.74) is -0.444. The van der Waals surface area contributed by atoms with Gasteiger partial charge in [0.1, 0.15) is 10.6 Å². The molecule has 2 rings (SSSR count). The Morgan fingerprint density at radius 1 is 1.55 bits per heavy atom. The highest BCUT2D eigenvalue weighted by atomic mass is 32.1. The zero-order chi connectivity index (χ0) is 16.2. The molecule has 0 spiro atoms. The predicted molar refractivity (Wildman–Crippen MR) is 89.1 cm³/mol. The second-order valence-corrected chi connectivity index (χ2v) is 7.75. The molecule has 6 heteroatoms. The summed E-state index contributed by atoms with van der Waals surface area (Å²) in [6.07, 6.45) is 4.87. The number of likely N-dealkylation sites (tertiary alicyclic amines) is 1. The molecule has 0 unspecified atom stereocenters. The van der Waals surface area contributed by atoms with Crippen molar-refractivity contribution < 1.29 is 9.53 Å². The molecule has 1 aliphatic rings. The van der Waals surface area contributed by atoms with Gasteiger partial charge in [-0.15, -0.1) is 11.3 Å². The second-order valence-electron chi connectivity index (χ2n) is 6.82. The Kier molecular flexibility index (Phi) is 5.81. The Bertz CT molecular complexity index is 470. The van der Waals surface area contributed by atoms with Crippen molar-refractivity contribution in [1.82, 2.24) is 15.2 Å². The van der Waals surface area contributed by atoms with Crippen LogP contribution in [0.25, 0.3) is 0 Å². The van der Waals surface area contributed by atoms with Crippen LogP contribution in [0.4, 0.5) is 4.79 Å². The summed E-state index contributed by atoms with van der Waals surface area (Å²) >= 11 is 1.65. The second kappa shape index (κ2) is 7.42. The number of nitrogens with zero attached hydrogens (tertiary/aromatic N) is 2. The summed E-state index contributed by atoms with van der Waals surface area (Å²) in [5.74, 6) is 0. The molecule has 0 aromatic carbocycles. The minimum atomic E-state index is -0.444. The van der Waals surface area contributed by atoms with Gasteiger partial charge in [-0.1, -0.05) is 0 Å². The van der Waals surface area contributed by atoms with Crippen molar-refractivity contribution in [2.45, 2.75) is 64.6 Å². The summed E-state index contributed by atoms with van der Waals surface area (Å²) in [4.78, 5) is 18.6. The summed E-state index contributed by atoms with van der Waals surface area (Å²) in [5, 5.41) is 6.57. The highest BCUT2D eigenvalue weighted by Gasteiger charge is 2.30. The molecule has 0 bridgehead atoms. The number of nitrogens with one attached hydrogen (secondary N) is 1. The number of piperidine rings is 1. The van der Waals surface area contributed by atoms with Gasteiger partial charge in [0.25, 0.3) is 0 Å². The molecule has 1 amide bonds. The van der Waals surface area contributed by atoms with E-state index >= 15 is 0 Å². The number of hydrogen-bond donors (Lipinski definition) is 1. The molecule has 2 atom stereocenters. The van der Waals surface area contributed by atoms with Gasteiger partial charge in [0.05, 0.1) is 6.04 Å². The molecule has 1 aromatic rings. The Balaban J connectivity index is 1.90. The Labute approximate surface area is 137 Å². The minimum absolute atomic E-state index is 0.194. The van der Waals surface area contributed by atoms with Gasteiger partial charge in [0, 0.05) is 30.7 Å². The molecule has 0 aliphatic carbocycles. The number of carbonyl (C=O) groups excluding carboxylic acids is 1. The van der Waals surface area contributed by atoms with E-state index in [9.17, 15) is 4.79 Å². The molecular formula is C16H27N3O2S. The van der Waals surface area contributed by atoms with Crippen LogP contribution in [-0.4, -0.2) is 40.7 Å². The lowest BCUT2D eigenvalue weighted by Gasteiger charge is -2.37. The van der Waals surface area contributed by atoms with Gasteiger partial charge >= 0.3 is 6.09 Å². The number of carbonyl (C=O) groups is 1. The SMILES string of the molecule is C[C@H](NC[C@H]1CCCCN1C(=O)OC(C)(C)C)c1nccs1. The van der Waals surface area contributed by atoms with E-state index in [2.05, 4.69) is 17.2 Å². The molecule has 1 N–H and O–H groups in total. The lowest BCUT2D eigenvalue weighted by Crippen LogP contribution is -2.50. The van der Waals surface area contributed by atoms with E-state index in [-0.39, 0.29) is 18.2 Å². The van der Waals surface area contributed by atoms with Crippen LogP contribution in [-0.2, 0) is 4.74 Å². The third-order valence-electron chi connectivity index (χ3n) is 3.74. The van der Waals surface area contributed by atoms with Crippen molar-refractivity contribution in [2.24, 2.45) is 0 Å². The average Bonchev–Trinajstić information content (AvgIpc) is 2.97. The van der Waals surface area contributed by atoms with Gasteiger partial charge in [-0.25, -0.2) is 9.78 Å². The smallest absolute Gasteiger partial charge is 0.410 e. The standard InChI is InChI=1S/C16H27N3O2S/c1-12(14-17-8-10-22-14)18-11-13-7-5-6-9-19(13)15(20)21-16(2,3)4/h8,10,12-13,18H,5-7,9,11H2,1-4H3/t12-,13+/m0/s1. The first-order valence-electron chi connectivity index (χ1n) is 7.99. The summed E-state index contributed by atoms with van der Waals surface area (Å²) in [7, 11) is 0. The van der Waals surface area contributed by atoms with Crippen LogP contribution in [0, 0.1) is 0 Å². The van der Waals surface area contributed by atoms with Crippen molar-refractivity contribution in [3.8, 4) is 0 Å². The fourth-order valence-electron chi connectivity index (χ4n) is 2.62. The van der Waals surface area contributed by atoms with Gasteiger partial charge in [-0.3, -0.25) is 0 Å². The maximum absolute atomic E-state index is 12.4. The van der Waals surface area contributed by atoms with Crippen molar-refractivity contribution in [2.75, 3.05) is 13.1 Å².